The highest BCUT2D eigenvalue weighted by atomic mass is 35.5. The molecule has 0 bridgehead atoms. The number of esters is 1. The Labute approximate surface area is 164 Å². The summed E-state index contributed by atoms with van der Waals surface area (Å²) in [6.45, 7) is 0.558. The molecule has 1 amide bonds. The van der Waals surface area contributed by atoms with Gasteiger partial charge in [-0.3, -0.25) is 9.59 Å². The molecule has 1 heterocycles. The van der Waals surface area contributed by atoms with Gasteiger partial charge in [-0.1, -0.05) is 54.8 Å². The van der Waals surface area contributed by atoms with Crippen molar-refractivity contribution in [2.45, 2.75) is 38.3 Å². The van der Waals surface area contributed by atoms with Crippen molar-refractivity contribution in [2.75, 3.05) is 6.54 Å². The van der Waals surface area contributed by atoms with Crippen LogP contribution in [0.1, 0.15) is 31.2 Å². The van der Waals surface area contributed by atoms with Gasteiger partial charge in [-0.25, -0.2) is 4.99 Å². The van der Waals surface area contributed by atoms with E-state index in [0.29, 0.717) is 24.6 Å². The molecule has 144 valence electrons. The first-order chi connectivity index (χ1) is 13.1. The fourth-order valence-corrected chi connectivity index (χ4v) is 3.66. The van der Waals surface area contributed by atoms with Crippen molar-refractivity contribution < 1.29 is 14.3 Å². The highest BCUT2D eigenvalue weighted by molar-refractivity contribution is 6.66. The lowest BCUT2D eigenvalue weighted by Gasteiger charge is -2.29. The number of hydrogen-bond acceptors (Lipinski definition) is 5. The molecule has 1 aromatic carbocycles. The molecule has 2 aliphatic rings. The van der Waals surface area contributed by atoms with Gasteiger partial charge in [-0.15, -0.1) is 0 Å². The standard InChI is InChI=1S/C20H24ClN3O3/c21-18-17(22-10-11-23-18)12-24-19(25)15-8-4-5-9-16(15)20(26)27-13-14-6-2-1-3-7-14/h1-3,6-7,10-11,15-17,22H,4-5,8-9,12-13H2,(H,24,25)/t15-,16?,17?/m1/s1. The van der Waals surface area contributed by atoms with Gasteiger partial charge in [0, 0.05) is 18.9 Å². The predicted octanol–water partition coefficient (Wildman–Crippen LogP) is 2.73. The second-order valence-electron chi connectivity index (χ2n) is 6.82. The van der Waals surface area contributed by atoms with E-state index in [0.717, 1.165) is 18.4 Å². The summed E-state index contributed by atoms with van der Waals surface area (Å²) < 4.78 is 5.48. The topological polar surface area (TPSA) is 79.8 Å². The molecule has 7 heteroatoms. The van der Waals surface area contributed by atoms with Gasteiger partial charge in [0.2, 0.25) is 5.91 Å². The summed E-state index contributed by atoms with van der Waals surface area (Å²) >= 11 is 6.04. The highest BCUT2D eigenvalue weighted by Crippen LogP contribution is 2.31. The van der Waals surface area contributed by atoms with E-state index in [-0.39, 0.29) is 30.4 Å². The molecule has 1 aromatic rings. The summed E-state index contributed by atoms with van der Waals surface area (Å²) in [5.41, 5.74) is 0.938. The van der Waals surface area contributed by atoms with E-state index in [1.165, 1.54) is 0 Å². The molecule has 27 heavy (non-hydrogen) atoms. The Morgan fingerprint density at radius 3 is 2.67 bits per heavy atom. The molecule has 1 saturated carbocycles. The van der Waals surface area contributed by atoms with Crippen molar-refractivity contribution in [3.8, 4) is 0 Å². The fourth-order valence-electron chi connectivity index (χ4n) is 3.47. The quantitative estimate of drug-likeness (QED) is 0.733. The third kappa shape index (κ3) is 5.32. The second-order valence-corrected chi connectivity index (χ2v) is 7.21. The Bertz CT molecular complexity index is 720. The van der Waals surface area contributed by atoms with Crippen molar-refractivity contribution >= 4 is 28.6 Å². The largest absolute Gasteiger partial charge is 0.461 e. The Balaban J connectivity index is 1.54. The molecule has 1 aliphatic carbocycles. The van der Waals surface area contributed by atoms with Gasteiger partial charge in [0.1, 0.15) is 11.8 Å². The van der Waals surface area contributed by atoms with Crippen LogP contribution in [0.2, 0.25) is 0 Å². The Kier molecular flexibility index (Phi) is 6.87. The summed E-state index contributed by atoms with van der Waals surface area (Å²) in [6, 6.07) is 9.31. The molecule has 0 saturated heterocycles. The zero-order valence-electron chi connectivity index (χ0n) is 15.1. The number of nitrogens with one attached hydrogen (secondary N) is 2. The van der Waals surface area contributed by atoms with Crippen molar-refractivity contribution in [1.29, 1.82) is 0 Å². The lowest BCUT2D eigenvalue weighted by atomic mass is 9.78. The minimum Gasteiger partial charge on any atom is -0.461 e. The maximum Gasteiger partial charge on any atom is 0.310 e. The van der Waals surface area contributed by atoms with Gasteiger partial charge in [-0.2, -0.15) is 0 Å². The van der Waals surface area contributed by atoms with E-state index >= 15 is 0 Å². The van der Waals surface area contributed by atoms with Crippen LogP contribution >= 0.6 is 11.6 Å². The number of carbonyl (C=O) groups is 2. The minimum atomic E-state index is -0.397. The minimum absolute atomic E-state index is 0.128. The van der Waals surface area contributed by atoms with E-state index in [4.69, 9.17) is 16.3 Å². The number of aliphatic imine (C=N–C) groups is 1. The Morgan fingerprint density at radius 1 is 1.19 bits per heavy atom. The van der Waals surface area contributed by atoms with Gasteiger partial charge < -0.3 is 15.4 Å². The van der Waals surface area contributed by atoms with Crippen molar-refractivity contribution in [3.63, 3.8) is 0 Å². The average Bonchev–Trinajstić information content (AvgIpc) is 2.72. The van der Waals surface area contributed by atoms with Crippen LogP contribution in [0.3, 0.4) is 0 Å². The molecule has 6 nitrogen and oxygen atoms in total. The van der Waals surface area contributed by atoms with Crippen LogP contribution in [0.5, 0.6) is 0 Å². The third-order valence-corrected chi connectivity index (χ3v) is 5.33. The van der Waals surface area contributed by atoms with Crippen molar-refractivity contribution in [2.24, 2.45) is 16.8 Å². The summed E-state index contributed by atoms with van der Waals surface area (Å²) in [5.74, 6) is -1.18. The van der Waals surface area contributed by atoms with Gasteiger partial charge in [0.25, 0.3) is 0 Å². The van der Waals surface area contributed by atoms with Gasteiger partial charge in [0.15, 0.2) is 0 Å². The molecule has 1 aliphatic heterocycles. The van der Waals surface area contributed by atoms with Crippen molar-refractivity contribution in [3.05, 3.63) is 48.3 Å². The van der Waals surface area contributed by atoms with Crippen LogP contribution in [0, 0.1) is 11.8 Å². The number of halogens is 1. The van der Waals surface area contributed by atoms with Gasteiger partial charge >= 0.3 is 5.97 Å². The zero-order chi connectivity index (χ0) is 19.1. The van der Waals surface area contributed by atoms with E-state index in [2.05, 4.69) is 15.6 Å². The first-order valence-corrected chi connectivity index (χ1v) is 9.65. The summed E-state index contributed by atoms with van der Waals surface area (Å²) in [4.78, 5) is 29.3. The number of amides is 1. The molecule has 0 radical (unpaired) electrons. The lowest BCUT2D eigenvalue weighted by molar-refractivity contribution is -0.156. The summed E-state index contributed by atoms with van der Waals surface area (Å²) in [7, 11) is 0. The smallest absolute Gasteiger partial charge is 0.310 e. The van der Waals surface area contributed by atoms with Crippen LogP contribution in [0.25, 0.3) is 0 Å². The molecule has 0 spiro atoms. The van der Waals surface area contributed by atoms with Crippen LogP contribution in [-0.4, -0.2) is 29.6 Å². The first kappa shape index (κ1) is 19.4. The number of carbonyl (C=O) groups excluding carboxylic acids is 2. The lowest BCUT2D eigenvalue weighted by Crippen LogP contribution is -2.47. The van der Waals surface area contributed by atoms with Crippen LogP contribution < -0.4 is 10.6 Å². The van der Waals surface area contributed by atoms with E-state index in [1.54, 1.807) is 12.4 Å². The average molecular weight is 390 g/mol. The fraction of sp³-hybridized carbons (Fsp3) is 0.450. The number of hydrogen-bond donors (Lipinski definition) is 2. The number of benzene rings is 1. The first-order valence-electron chi connectivity index (χ1n) is 9.27. The maximum atomic E-state index is 12.7. The molecule has 1 fully saturated rings. The molecule has 2 N–H and O–H groups in total. The van der Waals surface area contributed by atoms with Crippen molar-refractivity contribution in [1.82, 2.24) is 10.6 Å². The zero-order valence-corrected chi connectivity index (χ0v) is 15.8. The Morgan fingerprint density at radius 2 is 1.93 bits per heavy atom. The number of ether oxygens (including phenoxy) is 1. The monoisotopic (exact) mass is 389 g/mol. The maximum absolute atomic E-state index is 12.7. The predicted molar refractivity (Wildman–Crippen MR) is 104 cm³/mol. The molecule has 3 atom stereocenters. The summed E-state index contributed by atoms with van der Waals surface area (Å²) in [5, 5.41) is 6.36. The molecular formula is C20H24ClN3O3. The number of nitrogens with zero attached hydrogens (tertiary/aromatic N) is 1. The van der Waals surface area contributed by atoms with E-state index in [9.17, 15) is 9.59 Å². The van der Waals surface area contributed by atoms with E-state index < -0.39 is 5.92 Å². The molecule has 2 unspecified atom stereocenters. The van der Waals surface area contributed by atoms with E-state index in [1.807, 2.05) is 30.3 Å². The Hall–Kier alpha value is -2.34. The van der Waals surface area contributed by atoms with Crippen LogP contribution in [0.4, 0.5) is 0 Å². The molecular weight excluding hydrogens is 366 g/mol. The van der Waals surface area contributed by atoms with Gasteiger partial charge in [-0.05, 0) is 18.4 Å². The number of rotatable bonds is 6. The molecule has 3 rings (SSSR count). The second kappa shape index (κ2) is 9.55. The SMILES string of the molecule is O=C(OCc1ccccc1)C1CCCC[C@H]1C(=O)NCC1NC=CN=C1Cl. The summed E-state index contributed by atoms with van der Waals surface area (Å²) in [6.07, 6.45) is 6.50. The highest BCUT2D eigenvalue weighted by Gasteiger charge is 2.37. The third-order valence-electron chi connectivity index (χ3n) is 4.97. The normalized spacial score (nSPS) is 24.5. The molecule has 0 aromatic heterocycles. The van der Waals surface area contributed by atoms with Gasteiger partial charge in [0.05, 0.1) is 17.9 Å². The van der Waals surface area contributed by atoms with Crippen LogP contribution in [-0.2, 0) is 20.9 Å². The van der Waals surface area contributed by atoms with Crippen LogP contribution in [0.15, 0.2) is 47.7 Å².